The summed E-state index contributed by atoms with van der Waals surface area (Å²) in [6.07, 6.45) is 5.66. The molecule has 3 heterocycles. The Hall–Kier alpha value is -2.43. The first-order valence-electron chi connectivity index (χ1n) is 8.81. The molecule has 0 N–H and O–H groups in total. The smallest absolute Gasteiger partial charge is 0.257 e. The molecule has 1 saturated heterocycles. The van der Waals surface area contributed by atoms with E-state index in [-0.39, 0.29) is 17.6 Å². The van der Waals surface area contributed by atoms with Gasteiger partial charge in [-0.3, -0.25) is 4.79 Å². The second-order valence-electron chi connectivity index (χ2n) is 7.40. The number of ether oxygens (including phenoxy) is 2. The Morgan fingerprint density at radius 1 is 1.24 bits per heavy atom. The zero-order valence-electron chi connectivity index (χ0n) is 14.7. The van der Waals surface area contributed by atoms with Crippen LogP contribution in [0.1, 0.15) is 42.6 Å². The molecule has 1 fully saturated rings. The van der Waals surface area contributed by atoms with Gasteiger partial charge in [-0.1, -0.05) is 12.1 Å². The molecule has 25 heavy (non-hydrogen) atoms. The molecule has 1 aromatic carbocycles. The van der Waals surface area contributed by atoms with Gasteiger partial charge in [0.1, 0.15) is 18.0 Å². The van der Waals surface area contributed by atoms with Crippen molar-refractivity contribution in [3.8, 4) is 11.5 Å². The van der Waals surface area contributed by atoms with Crippen molar-refractivity contribution in [1.82, 2.24) is 4.90 Å². The molecule has 4 rings (SSSR count). The molecule has 0 spiro atoms. The lowest BCUT2D eigenvalue weighted by Crippen LogP contribution is -2.41. The Labute approximate surface area is 147 Å². The number of furan rings is 1. The van der Waals surface area contributed by atoms with Crippen molar-refractivity contribution in [2.45, 2.75) is 44.8 Å². The van der Waals surface area contributed by atoms with Crippen LogP contribution in [-0.2, 0) is 6.42 Å². The number of rotatable bonds is 3. The third kappa shape index (κ3) is 3.23. The zero-order chi connectivity index (χ0) is 17.4. The summed E-state index contributed by atoms with van der Waals surface area (Å²) in [4.78, 5) is 14.2. The Morgan fingerprint density at radius 2 is 2.04 bits per heavy atom. The van der Waals surface area contributed by atoms with Crippen LogP contribution in [0.15, 0.2) is 41.2 Å². The number of piperidine rings is 1. The van der Waals surface area contributed by atoms with Gasteiger partial charge in [0, 0.05) is 37.9 Å². The van der Waals surface area contributed by atoms with Gasteiger partial charge in [0.25, 0.3) is 5.91 Å². The van der Waals surface area contributed by atoms with Crippen molar-refractivity contribution in [2.24, 2.45) is 0 Å². The van der Waals surface area contributed by atoms with E-state index >= 15 is 0 Å². The monoisotopic (exact) mass is 341 g/mol. The highest BCUT2D eigenvalue weighted by molar-refractivity contribution is 5.93. The number of hydrogen-bond acceptors (Lipinski definition) is 4. The first-order valence-corrected chi connectivity index (χ1v) is 8.81. The SMILES string of the molecule is CC1(C)Cc2cccc(OC3CCN(C(=O)c4ccoc4)CC3)c2O1. The third-order valence-electron chi connectivity index (χ3n) is 4.85. The predicted octanol–water partition coefficient (Wildman–Crippen LogP) is 3.68. The molecule has 1 aromatic heterocycles. The van der Waals surface area contributed by atoms with Crippen molar-refractivity contribution < 1.29 is 18.7 Å². The van der Waals surface area contributed by atoms with Crippen LogP contribution in [0, 0.1) is 0 Å². The Bertz CT molecular complexity index is 758. The lowest BCUT2D eigenvalue weighted by Gasteiger charge is -2.32. The topological polar surface area (TPSA) is 51.9 Å². The second-order valence-corrected chi connectivity index (χ2v) is 7.40. The van der Waals surface area contributed by atoms with E-state index in [9.17, 15) is 4.79 Å². The standard InChI is InChI=1S/C20H23NO4/c1-20(2)12-14-4-3-5-17(18(14)25-20)24-16-6-9-21(10-7-16)19(22)15-8-11-23-13-15/h3-5,8,11,13,16H,6-7,9-10,12H2,1-2H3. The average molecular weight is 341 g/mol. The van der Waals surface area contributed by atoms with Gasteiger partial charge in [-0.25, -0.2) is 0 Å². The fourth-order valence-corrected chi connectivity index (χ4v) is 3.61. The number of carbonyl (C=O) groups is 1. The summed E-state index contributed by atoms with van der Waals surface area (Å²) >= 11 is 0. The summed E-state index contributed by atoms with van der Waals surface area (Å²) in [5.74, 6) is 1.73. The van der Waals surface area contributed by atoms with Crippen LogP contribution in [0.2, 0.25) is 0 Å². The van der Waals surface area contributed by atoms with E-state index in [1.54, 1.807) is 6.07 Å². The Kier molecular flexibility index (Phi) is 3.94. The van der Waals surface area contributed by atoms with Crippen molar-refractivity contribution in [2.75, 3.05) is 13.1 Å². The minimum atomic E-state index is -0.178. The first kappa shape index (κ1) is 16.1. The molecule has 2 aliphatic heterocycles. The Balaban J connectivity index is 1.39. The van der Waals surface area contributed by atoms with E-state index in [1.165, 1.54) is 18.1 Å². The lowest BCUT2D eigenvalue weighted by molar-refractivity contribution is 0.0578. The maximum Gasteiger partial charge on any atom is 0.257 e. The maximum atomic E-state index is 12.4. The molecule has 0 atom stereocenters. The van der Waals surface area contributed by atoms with Crippen molar-refractivity contribution in [1.29, 1.82) is 0 Å². The number of likely N-dealkylation sites (tertiary alicyclic amines) is 1. The number of benzene rings is 1. The molecule has 2 aromatic rings. The molecular weight excluding hydrogens is 318 g/mol. The van der Waals surface area contributed by atoms with Crippen LogP contribution < -0.4 is 9.47 Å². The largest absolute Gasteiger partial charge is 0.486 e. The van der Waals surface area contributed by atoms with Crippen LogP contribution in [-0.4, -0.2) is 35.6 Å². The average Bonchev–Trinajstić information content (AvgIpc) is 3.22. The van der Waals surface area contributed by atoms with Gasteiger partial charge in [0.05, 0.1) is 11.8 Å². The molecule has 0 radical (unpaired) electrons. The van der Waals surface area contributed by atoms with E-state index in [0.29, 0.717) is 18.7 Å². The molecular formula is C20H23NO4. The third-order valence-corrected chi connectivity index (χ3v) is 4.85. The molecule has 0 saturated carbocycles. The van der Waals surface area contributed by atoms with E-state index < -0.39 is 0 Å². The normalized spacial score (nSPS) is 19.4. The van der Waals surface area contributed by atoms with Crippen LogP contribution in [0.25, 0.3) is 0 Å². The molecule has 132 valence electrons. The molecule has 5 heteroatoms. The Morgan fingerprint density at radius 3 is 2.76 bits per heavy atom. The van der Waals surface area contributed by atoms with E-state index in [1.807, 2.05) is 17.0 Å². The quantitative estimate of drug-likeness (QED) is 0.855. The van der Waals surface area contributed by atoms with Crippen molar-refractivity contribution in [3.05, 3.63) is 47.9 Å². The van der Waals surface area contributed by atoms with Crippen molar-refractivity contribution in [3.63, 3.8) is 0 Å². The summed E-state index contributed by atoms with van der Waals surface area (Å²) in [7, 11) is 0. The number of para-hydroxylation sites is 1. The number of fused-ring (bicyclic) bond motifs is 1. The van der Waals surface area contributed by atoms with Gasteiger partial charge in [0.2, 0.25) is 0 Å². The predicted molar refractivity (Wildman–Crippen MR) is 93.1 cm³/mol. The molecule has 1 amide bonds. The minimum absolute atomic E-state index is 0.0258. The van der Waals surface area contributed by atoms with Gasteiger partial charge in [0.15, 0.2) is 11.5 Å². The van der Waals surface area contributed by atoms with Crippen LogP contribution in [0.4, 0.5) is 0 Å². The van der Waals surface area contributed by atoms with Gasteiger partial charge in [-0.2, -0.15) is 0 Å². The van der Waals surface area contributed by atoms with Gasteiger partial charge < -0.3 is 18.8 Å². The maximum absolute atomic E-state index is 12.4. The number of hydrogen-bond donors (Lipinski definition) is 0. The van der Waals surface area contributed by atoms with Gasteiger partial charge in [-0.05, 0) is 26.0 Å². The highest BCUT2D eigenvalue weighted by atomic mass is 16.5. The molecule has 5 nitrogen and oxygen atoms in total. The first-order chi connectivity index (χ1) is 12.0. The molecule has 0 aliphatic carbocycles. The molecule has 2 aliphatic rings. The highest BCUT2D eigenvalue weighted by Crippen LogP contribution is 2.42. The lowest BCUT2D eigenvalue weighted by atomic mass is 10.0. The van der Waals surface area contributed by atoms with Gasteiger partial charge in [-0.15, -0.1) is 0 Å². The molecule has 0 bridgehead atoms. The van der Waals surface area contributed by atoms with Gasteiger partial charge >= 0.3 is 0 Å². The summed E-state index contributed by atoms with van der Waals surface area (Å²) in [5.41, 5.74) is 1.63. The number of nitrogens with zero attached hydrogens (tertiary/aromatic N) is 1. The number of carbonyl (C=O) groups excluding carboxylic acids is 1. The fraction of sp³-hybridized carbons (Fsp3) is 0.450. The van der Waals surface area contributed by atoms with Crippen LogP contribution in [0.5, 0.6) is 11.5 Å². The summed E-state index contributed by atoms with van der Waals surface area (Å²) < 4.78 is 17.3. The summed E-state index contributed by atoms with van der Waals surface area (Å²) in [6, 6.07) is 7.81. The van der Waals surface area contributed by atoms with E-state index in [0.717, 1.165) is 30.8 Å². The minimum Gasteiger partial charge on any atom is -0.486 e. The molecule has 0 unspecified atom stereocenters. The van der Waals surface area contributed by atoms with Crippen LogP contribution >= 0.6 is 0 Å². The van der Waals surface area contributed by atoms with Crippen LogP contribution in [0.3, 0.4) is 0 Å². The number of amides is 1. The van der Waals surface area contributed by atoms with E-state index in [2.05, 4.69) is 19.9 Å². The summed E-state index contributed by atoms with van der Waals surface area (Å²) in [5, 5.41) is 0. The zero-order valence-corrected chi connectivity index (χ0v) is 14.7. The van der Waals surface area contributed by atoms with Crippen molar-refractivity contribution >= 4 is 5.91 Å². The summed E-state index contributed by atoms with van der Waals surface area (Å²) in [6.45, 7) is 5.57. The fourth-order valence-electron chi connectivity index (χ4n) is 3.61. The second kappa shape index (κ2) is 6.14. The van der Waals surface area contributed by atoms with E-state index in [4.69, 9.17) is 13.9 Å². The highest BCUT2D eigenvalue weighted by Gasteiger charge is 2.33.